The van der Waals surface area contributed by atoms with Crippen molar-refractivity contribution >= 4 is 29.2 Å². The third-order valence-electron chi connectivity index (χ3n) is 5.35. The standard InChI is InChI=1S/C25H32ClN3O4/c1-25(2,3)33-23(31)17-27-22(15-18-7-9-21(30)10-8-18)24(32)29-13-11-28(12-14-29)20-6-4-5-19(26)16-20/h4-10,16,22,27,30H,11-15,17H2,1-3H3. The number of hydrogen-bond donors (Lipinski definition) is 2. The molecule has 1 heterocycles. The van der Waals surface area contributed by atoms with E-state index in [2.05, 4.69) is 10.2 Å². The number of halogens is 1. The molecule has 2 N–H and O–H groups in total. The molecule has 1 aliphatic rings. The number of benzene rings is 2. The van der Waals surface area contributed by atoms with Crippen molar-refractivity contribution in [2.45, 2.75) is 38.8 Å². The number of hydrogen-bond acceptors (Lipinski definition) is 6. The quantitative estimate of drug-likeness (QED) is 0.601. The van der Waals surface area contributed by atoms with Crippen LogP contribution in [0.3, 0.4) is 0 Å². The van der Waals surface area contributed by atoms with Crippen LogP contribution in [0.5, 0.6) is 5.75 Å². The minimum Gasteiger partial charge on any atom is -0.508 e. The van der Waals surface area contributed by atoms with Crippen LogP contribution < -0.4 is 10.2 Å². The molecule has 2 aromatic rings. The number of rotatable bonds is 7. The minimum atomic E-state index is -0.591. The van der Waals surface area contributed by atoms with Crippen molar-refractivity contribution in [1.82, 2.24) is 10.2 Å². The summed E-state index contributed by atoms with van der Waals surface area (Å²) in [4.78, 5) is 29.6. The number of nitrogens with zero attached hydrogens (tertiary/aromatic N) is 2. The molecule has 1 fully saturated rings. The molecular formula is C25H32ClN3O4. The predicted molar refractivity (Wildman–Crippen MR) is 130 cm³/mol. The number of esters is 1. The summed E-state index contributed by atoms with van der Waals surface area (Å²) < 4.78 is 5.38. The first-order valence-electron chi connectivity index (χ1n) is 11.1. The Morgan fingerprint density at radius 3 is 2.36 bits per heavy atom. The molecule has 0 spiro atoms. The van der Waals surface area contributed by atoms with Crippen LogP contribution in [0.1, 0.15) is 26.3 Å². The van der Waals surface area contributed by atoms with Gasteiger partial charge in [0.15, 0.2) is 0 Å². The molecule has 3 rings (SSSR count). The van der Waals surface area contributed by atoms with E-state index in [1.807, 2.05) is 49.9 Å². The fraction of sp³-hybridized carbons (Fsp3) is 0.440. The summed E-state index contributed by atoms with van der Waals surface area (Å²) in [6, 6.07) is 13.9. The van der Waals surface area contributed by atoms with Gasteiger partial charge in [-0.05, 0) is 63.1 Å². The van der Waals surface area contributed by atoms with Gasteiger partial charge < -0.3 is 19.6 Å². The number of anilines is 1. The van der Waals surface area contributed by atoms with Crippen molar-refractivity contribution in [3.05, 3.63) is 59.1 Å². The maximum atomic E-state index is 13.4. The number of phenols is 1. The number of nitrogens with one attached hydrogen (secondary N) is 1. The van der Waals surface area contributed by atoms with E-state index in [1.54, 1.807) is 24.3 Å². The molecule has 1 aliphatic heterocycles. The lowest BCUT2D eigenvalue weighted by atomic mass is 10.0. The summed E-state index contributed by atoms with van der Waals surface area (Å²) in [5.74, 6) is -0.297. The number of ether oxygens (including phenoxy) is 1. The van der Waals surface area contributed by atoms with Crippen molar-refractivity contribution in [2.24, 2.45) is 0 Å². The van der Waals surface area contributed by atoms with Gasteiger partial charge in [-0.3, -0.25) is 14.9 Å². The van der Waals surface area contributed by atoms with E-state index in [4.69, 9.17) is 16.3 Å². The Bertz CT molecular complexity index is 951. The lowest BCUT2D eigenvalue weighted by Crippen LogP contribution is -2.55. The van der Waals surface area contributed by atoms with Gasteiger partial charge in [-0.1, -0.05) is 29.8 Å². The SMILES string of the molecule is CC(C)(C)OC(=O)CNC(Cc1ccc(O)cc1)C(=O)N1CCN(c2cccc(Cl)c2)CC1. The van der Waals surface area contributed by atoms with E-state index in [9.17, 15) is 14.7 Å². The number of phenolic OH excluding ortho intramolecular Hbond substituents is 1. The van der Waals surface area contributed by atoms with Crippen molar-refractivity contribution in [3.63, 3.8) is 0 Å². The second-order valence-electron chi connectivity index (χ2n) is 9.18. The lowest BCUT2D eigenvalue weighted by Gasteiger charge is -2.37. The first-order valence-corrected chi connectivity index (χ1v) is 11.5. The van der Waals surface area contributed by atoms with Gasteiger partial charge in [0.2, 0.25) is 5.91 Å². The number of amides is 1. The van der Waals surface area contributed by atoms with Crippen LogP contribution in [0, 0.1) is 0 Å². The van der Waals surface area contributed by atoms with E-state index in [0.717, 1.165) is 11.3 Å². The summed E-state index contributed by atoms with van der Waals surface area (Å²) in [6.45, 7) is 7.91. The predicted octanol–water partition coefficient (Wildman–Crippen LogP) is 3.24. The second kappa shape index (κ2) is 10.9. The highest BCUT2D eigenvalue weighted by Crippen LogP contribution is 2.21. The van der Waals surface area contributed by atoms with E-state index in [-0.39, 0.29) is 18.2 Å². The van der Waals surface area contributed by atoms with Crippen LogP contribution in [-0.2, 0) is 20.7 Å². The third-order valence-corrected chi connectivity index (χ3v) is 5.59. The van der Waals surface area contributed by atoms with Crippen LogP contribution in [0.25, 0.3) is 0 Å². The molecule has 33 heavy (non-hydrogen) atoms. The van der Waals surface area contributed by atoms with Crippen LogP contribution in [0.4, 0.5) is 5.69 Å². The molecule has 8 heteroatoms. The Kier molecular flexibility index (Phi) is 8.21. The van der Waals surface area contributed by atoms with E-state index in [0.29, 0.717) is 37.6 Å². The number of carbonyl (C=O) groups is 2. The van der Waals surface area contributed by atoms with Gasteiger partial charge in [0.05, 0.1) is 12.6 Å². The minimum absolute atomic E-state index is 0.0580. The van der Waals surface area contributed by atoms with Crippen molar-refractivity contribution < 1.29 is 19.4 Å². The molecule has 7 nitrogen and oxygen atoms in total. The third kappa shape index (κ3) is 7.65. The van der Waals surface area contributed by atoms with Crippen molar-refractivity contribution in [3.8, 4) is 5.75 Å². The summed E-state index contributed by atoms with van der Waals surface area (Å²) in [5.41, 5.74) is 1.34. The first-order chi connectivity index (χ1) is 15.6. The van der Waals surface area contributed by atoms with Crippen LogP contribution in [-0.4, -0.2) is 66.2 Å². The fourth-order valence-corrected chi connectivity index (χ4v) is 3.96. The van der Waals surface area contributed by atoms with Crippen molar-refractivity contribution in [1.29, 1.82) is 0 Å². The Balaban J connectivity index is 1.65. The molecule has 1 atom stereocenters. The summed E-state index contributed by atoms with van der Waals surface area (Å²) in [7, 11) is 0. The molecule has 1 saturated heterocycles. The number of carbonyl (C=O) groups excluding carboxylic acids is 2. The highest BCUT2D eigenvalue weighted by Gasteiger charge is 2.29. The molecule has 0 aromatic heterocycles. The molecule has 0 bridgehead atoms. The molecular weight excluding hydrogens is 442 g/mol. The normalized spacial score (nSPS) is 15.3. The molecule has 0 aliphatic carbocycles. The largest absolute Gasteiger partial charge is 0.508 e. The molecule has 1 unspecified atom stereocenters. The monoisotopic (exact) mass is 473 g/mol. The Labute approximate surface area is 200 Å². The van der Waals surface area contributed by atoms with Gasteiger partial charge in [-0.15, -0.1) is 0 Å². The molecule has 0 radical (unpaired) electrons. The summed E-state index contributed by atoms with van der Waals surface area (Å²) in [5, 5.41) is 13.3. The maximum absolute atomic E-state index is 13.4. The second-order valence-corrected chi connectivity index (χ2v) is 9.62. The maximum Gasteiger partial charge on any atom is 0.320 e. The molecule has 0 saturated carbocycles. The van der Waals surface area contributed by atoms with Gasteiger partial charge in [-0.25, -0.2) is 0 Å². The topological polar surface area (TPSA) is 82.1 Å². The zero-order chi connectivity index (χ0) is 24.0. The average molecular weight is 474 g/mol. The fourth-order valence-electron chi connectivity index (χ4n) is 3.78. The van der Waals surface area contributed by atoms with Crippen LogP contribution >= 0.6 is 11.6 Å². The van der Waals surface area contributed by atoms with Crippen LogP contribution in [0.15, 0.2) is 48.5 Å². The van der Waals surface area contributed by atoms with Crippen LogP contribution in [0.2, 0.25) is 5.02 Å². The zero-order valence-electron chi connectivity index (χ0n) is 19.4. The molecule has 1 amide bonds. The summed E-state index contributed by atoms with van der Waals surface area (Å²) in [6.07, 6.45) is 0.399. The van der Waals surface area contributed by atoms with E-state index in [1.165, 1.54) is 0 Å². The average Bonchev–Trinajstić information content (AvgIpc) is 2.76. The highest BCUT2D eigenvalue weighted by molar-refractivity contribution is 6.30. The van der Waals surface area contributed by atoms with Crippen molar-refractivity contribution in [2.75, 3.05) is 37.6 Å². The van der Waals surface area contributed by atoms with Gasteiger partial charge in [-0.2, -0.15) is 0 Å². The first kappa shape index (κ1) is 24.9. The van der Waals surface area contributed by atoms with Gasteiger partial charge >= 0.3 is 5.97 Å². The smallest absolute Gasteiger partial charge is 0.320 e. The Morgan fingerprint density at radius 1 is 1.09 bits per heavy atom. The van der Waals surface area contributed by atoms with E-state index < -0.39 is 17.6 Å². The summed E-state index contributed by atoms with van der Waals surface area (Å²) >= 11 is 6.12. The Morgan fingerprint density at radius 2 is 1.76 bits per heavy atom. The van der Waals surface area contributed by atoms with Gasteiger partial charge in [0.25, 0.3) is 0 Å². The number of aromatic hydroxyl groups is 1. The van der Waals surface area contributed by atoms with Gasteiger partial charge in [0.1, 0.15) is 11.4 Å². The Hall–Kier alpha value is -2.77. The molecule has 178 valence electrons. The zero-order valence-corrected chi connectivity index (χ0v) is 20.1. The molecule has 2 aromatic carbocycles. The lowest BCUT2D eigenvalue weighted by molar-refractivity contribution is -0.153. The van der Waals surface area contributed by atoms with E-state index >= 15 is 0 Å². The number of piperazine rings is 1. The van der Waals surface area contributed by atoms with Gasteiger partial charge in [0, 0.05) is 36.9 Å². The highest BCUT2D eigenvalue weighted by atomic mass is 35.5.